The fourth-order valence-corrected chi connectivity index (χ4v) is 1.92. The number of piperazine rings is 1. The van der Waals surface area contributed by atoms with Gasteiger partial charge in [-0.05, 0) is 6.92 Å². The Labute approximate surface area is 99.2 Å². The van der Waals surface area contributed by atoms with Crippen LogP contribution in [0, 0.1) is 0 Å². The summed E-state index contributed by atoms with van der Waals surface area (Å²) in [5.41, 5.74) is 5.11. The number of hydrogen-bond acceptors (Lipinski definition) is 4. The molecule has 0 saturated carbocycles. The molecule has 1 atom stereocenters. The van der Waals surface area contributed by atoms with Crippen LogP contribution in [-0.2, 0) is 0 Å². The van der Waals surface area contributed by atoms with Gasteiger partial charge in [0, 0.05) is 38.3 Å². The molecule has 1 heterocycles. The third-order valence-corrected chi connectivity index (χ3v) is 2.81. The fourth-order valence-electron chi connectivity index (χ4n) is 1.92. The third-order valence-electron chi connectivity index (χ3n) is 2.81. The maximum Gasteiger partial charge on any atom is 0.401 e. The van der Waals surface area contributed by atoms with Crippen LogP contribution in [0.15, 0.2) is 0 Å². The molecule has 1 aliphatic heterocycles. The average Bonchev–Trinajstić information content (AvgIpc) is 2.19. The first-order valence-electron chi connectivity index (χ1n) is 5.63. The Hall–Kier alpha value is -0.370. The van der Waals surface area contributed by atoms with Gasteiger partial charge in [-0.15, -0.1) is 0 Å². The lowest BCUT2D eigenvalue weighted by Gasteiger charge is -2.38. The van der Waals surface area contributed by atoms with Crippen LogP contribution < -0.4 is 5.73 Å². The van der Waals surface area contributed by atoms with Crippen molar-refractivity contribution in [2.75, 3.05) is 45.9 Å². The maximum atomic E-state index is 12.2. The summed E-state index contributed by atoms with van der Waals surface area (Å²) in [6.07, 6.45) is -4.13. The molecule has 1 fully saturated rings. The molecule has 0 bridgehead atoms. The second-order valence-electron chi connectivity index (χ2n) is 4.98. The predicted molar refractivity (Wildman–Crippen MR) is 58.6 cm³/mol. The van der Waals surface area contributed by atoms with Gasteiger partial charge in [0.15, 0.2) is 0 Å². The quantitative estimate of drug-likeness (QED) is 0.735. The highest BCUT2D eigenvalue weighted by Crippen LogP contribution is 2.17. The van der Waals surface area contributed by atoms with Crippen molar-refractivity contribution >= 4 is 0 Å². The second-order valence-corrected chi connectivity index (χ2v) is 4.98. The SMILES string of the molecule is CC(N)(CO)CN1CCN(CC(F)(F)F)CC1. The van der Waals surface area contributed by atoms with Crippen molar-refractivity contribution < 1.29 is 18.3 Å². The van der Waals surface area contributed by atoms with Crippen molar-refractivity contribution in [1.82, 2.24) is 9.80 Å². The van der Waals surface area contributed by atoms with E-state index < -0.39 is 18.3 Å². The summed E-state index contributed by atoms with van der Waals surface area (Å²) in [5, 5.41) is 9.02. The summed E-state index contributed by atoms with van der Waals surface area (Å²) in [7, 11) is 0. The van der Waals surface area contributed by atoms with Gasteiger partial charge in [0.1, 0.15) is 0 Å². The molecule has 0 aromatic carbocycles. The Morgan fingerprint density at radius 3 is 1.82 bits per heavy atom. The van der Waals surface area contributed by atoms with E-state index in [1.807, 2.05) is 4.90 Å². The van der Waals surface area contributed by atoms with Crippen LogP contribution in [0.5, 0.6) is 0 Å². The predicted octanol–water partition coefficient (Wildman–Crippen LogP) is -0.124. The molecular formula is C10H20F3N3O. The zero-order chi connectivity index (χ0) is 13.1. The van der Waals surface area contributed by atoms with E-state index in [0.29, 0.717) is 32.7 Å². The summed E-state index contributed by atoms with van der Waals surface area (Å²) in [4.78, 5) is 3.38. The fraction of sp³-hybridized carbons (Fsp3) is 1.00. The van der Waals surface area contributed by atoms with Crippen molar-refractivity contribution in [2.45, 2.75) is 18.6 Å². The van der Waals surface area contributed by atoms with Gasteiger partial charge < -0.3 is 10.8 Å². The number of nitrogens with zero attached hydrogens (tertiary/aromatic N) is 2. The zero-order valence-electron chi connectivity index (χ0n) is 10.0. The van der Waals surface area contributed by atoms with E-state index in [2.05, 4.69) is 0 Å². The van der Waals surface area contributed by atoms with Crippen molar-refractivity contribution in [1.29, 1.82) is 0 Å². The second kappa shape index (κ2) is 5.51. The topological polar surface area (TPSA) is 52.7 Å². The van der Waals surface area contributed by atoms with E-state index in [0.717, 1.165) is 0 Å². The van der Waals surface area contributed by atoms with Crippen LogP contribution in [0.3, 0.4) is 0 Å². The van der Waals surface area contributed by atoms with Crippen LogP contribution in [0.1, 0.15) is 6.92 Å². The molecule has 1 saturated heterocycles. The number of hydrogen-bond donors (Lipinski definition) is 2. The molecule has 7 heteroatoms. The summed E-state index contributed by atoms with van der Waals surface area (Å²) >= 11 is 0. The van der Waals surface area contributed by atoms with Gasteiger partial charge in [-0.3, -0.25) is 9.80 Å². The Bertz CT molecular complexity index is 237. The zero-order valence-corrected chi connectivity index (χ0v) is 10.0. The summed E-state index contributed by atoms with van der Waals surface area (Å²) < 4.78 is 36.5. The number of alkyl halides is 3. The summed E-state index contributed by atoms with van der Waals surface area (Å²) in [6, 6.07) is 0. The largest absolute Gasteiger partial charge is 0.401 e. The van der Waals surface area contributed by atoms with Crippen LogP contribution in [0.2, 0.25) is 0 Å². The Morgan fingerprint density at radius 2 is 1.47 bits per heavy atom. The highest BCUT2D eigenvalue weighted by molar-refractivity contribution is 4.84. The van der Waals surface area contributed by atoms with Crippen molar-refractivity contribution in [3.05, 3.63) is 0 Å². The minimum absolute atomic E-state index is 0.129. The number of rotatable bonds is 4. The van der Waals surface area contributed by atoms with Gasteiger partial charge in [0.05, 0.1) is 13.2 Å². The van der Waals surface area contributed by atoms with E-state index in [1.54, 1.807) is 6.92 Å². The molecule has 102 valence electrons. The lowest BCUT2D eigenvalue weighted by atomic mass is 10.0. The maximum absolute atomic E-state index is 12.2. The number of halogens is 3. The van der Waals surface area contributed by atoms with Gasteiger partial charge >= 0.3 is 6.18 Å². The molecule has 4 nitrogen and oxygen atoms in total. The number of aliphatic hydroxyl groups excluding tert-OH is 1. The normalized spacial score (nSPS) is 23.6. The van der Waals surface area contributed by atoms with Crippen molar-refractivity contribution in [2.24, 2.45) is 5.73 Å². The highest BCUT2D eigenvalue weighted by atomic mass is 19.4. The molecule has 0 aromatic rings. The van der Waals surface area contributed by atoms with E-state index in [-0.39, 0.29) is 6.61 Å². The van der Waals surface area contributed by atoms with E-state index in [1.165, 1.54) is 4.90 Å². The Kier molecular flexibility index (Phi) is 4.77. The number of nitrogens with two attached hydrogens (primary N) is 1. The third kappa shape index (κ3) is 5.67. The Balaban J connectivity index is 2.31. The molecule has 1 unspecified atom stereocenters. The summed E-state index contributed by atoms with van der Waals surface area (Å²) in [5.74, 6) is 0. The van der Waals surface area contributed by atoms with E-state index in [4.69, 9.17) is 10.8 Å². The Morgan fingerprint density at radius 1 is 1.06 bits per heavy atom. The first kappa shape index (κ1) is 14.7. The van der Waals surface area contributed by atoms with Gasteiger partial charge in [0.25, 0.3) is 0 Å². The standard InChI is InChI=1S/C10H20F3N3O/c1-9(14,8-17)6-15-2-4-16(5-3-15)7-10(11,12)13/h17H,2-8,14H2,1H3. The molecule has 3 N–H and O–H groups in total. The minimum Gasteiger partial charge on any atom is -0.394 e. The monoisotopic (exact) mass is 255 g/mol. The van der Waals surface area contributed by atoms with Gasteiger partial charge in [0.2, 0.25) is 0 Å². The van der Waals surface area contributed by atoms with Crippen LogP contribution in [0.25, 0.3) is 0 Å². The molecule has 0 aliphatic carbocycles. The van der Waals surface area contributed by atoms with Crippen LogP contribution >= 0.6 is 0 Å². The van der Waals surface area contributed by atoms with Crippen LogP contribution in [-0.4, -0.2) is 72.5 Å². The molecule has 0 spiro atoms. The lowest BCUT2D eigenvalue weighted by molar-refractivity contribution is -0.149. The molecule has 0 aromatic heterocycles. The summed E-state index contributed by atoms with van der Waals surface area (Å²) in [6.45, 7) is 3.16. The molecule has 1 aliphatic rings. The molecule has 0 radical (unpaired) electrons. The van der Waals surface area contributed by atoms with Gasteiger partial charge in [-0.1, -0.05) is 0 Å². The molecule has 1 rings (SSSR count). The lowest BCUT2D eigenvalue weighted by Crippen LogP contribution is -2.56. The molecule has 0 amide bonds. The van der Waals surface area contributed by atoms with Crippen LogP contribution in [0.4, 0.5) is 13.2 Å². The number of aliphatic hydroxyl groups is 1. The molecule has 17 heavy (non-hydrogen) atoms. The molecular weight excluding hydrogens is 235 g/mol. The van der Waals surface area contributed by atoms with Crippen molar-refractivity contribution in [3.63, 3.8) is 0 Å². The van der Waals surface area contributed by atoms with Gasteiger partial charge in [-0.25, -0.2) is 0 Å². The average molecular weight is 255 g/mol. The minimum atomic E-state index is -4.13. The van der Waals surface area contributed by atoms with E-state index >= 15 is 0 Å². The first-order chi connectivity index (χ1) is 7.72. The first-order valence-corrected chi connectivity index (χ1v) is 5.63. The van der Waals surface area contributed by atoms with Crippen molar-refractivity contribution in [3.8, 4) is 0 Å². The smallest absolute Gasteiger partial charge is 0.394 e. The van der Waals surface area contributed by atoms with Gasteiger partial charge in [-0.2, -0.15) is 13.2 Å². The van der Waals surface area contributed by atoms with E-state index in [9.17, 15) is 13.2 Å². The highest BCUT2D eigenvalue weighted by Gasteiger charge is 2.32.